The zero-order valence-electron chi connectivity index (χ0n) is 12.6. The number of anilines is 1. The van der Waals surface area contributed by atoms with Gasteiger partial charge in [-0.15, -0.1) is 0 Å². The van der Waals surface area contributed by atoms with Crippen LogP contribution in [0.15, 0.2) is 36.4 Å². The molecule has 1 aliphatic rings. The largest absolute Gasteiger partial charge is 0.330 e. The normalized spacial score (nSPS) is 18.1. The molecule has 0 aliphatic carbocycles. The van der Waals surface area contributed by atoms with Crippen LogP contribution in [0.3, 0.4) is 0 Å². The number of benzene rings is 2. The van der Waals surface area contributed by atoms with Gasteiger partial charge in [0.05, 0.1) is 0 Å². The Bertz CT molecular complexity index is 673. The van der Waals surface area contributed by atoms with E-state index in [0.29, 0.717) is 10.9 Å². The first-order chi connectivity index (χ1) is 10.6. The number of hydrogen-bond acceptors (Lipinski definition) is 3. The summed E-state index contributed by atoms with van der Waals surface area (Å²) in [5.74, 6) is 0.299. The number of hydrogen-bond donors (Lipinski definition) is 1. The molecule has 2 nitrogen and oxygen atoms in total. The maximum atomic E-state index is 6.41. The molecule has 1 aliphatic heterocycles. The van der Waals surface area contributed by atoms with Crippen molar-refractivity contribution in [1.82, 2.24) is 4.90 Å². The summed E-state index contributed by atoms with van der Waals surface area (Å²) in [6.07, 6.45) is 2.02. The number of rotatable bonds is 3. The van der Waals surface area contributed by atoms with Crippen LogP contribution in [0.5, 0.6) is 0 Å². The van der Waals surface area contributed by atoms with Gasteiger partial charge >= 0.3 is 0 Å². The lowest BCUT2D eigenvalue weighted by Gasteiger charge is -2.33. The summed E-state index contributed by atoms with van der Waals surface area (Å²) >= 11 is 14.2. The van der Waals surface area contributed by atoms with Crippen LogP contribution in [0.2, 0.25) is 10.0 Å². The van der Waals surface area contributed by atoms with Crippen molar-refractivity contribution in [1.29, 1.82) is 0 Å². The maximum absolute atomic E-state index is 6.41. The molecule has 0 fully saturated rings. The molecule has 0 saturated heterocycles. The molecule has 3 rings (SSSR count). The predicted octanol–water partition coefficient (Wildman–Crippen LogP) is 5.26. The Labute approximate surface area is 145 Å². The first-order valence-electron chi connectivity index (χ1n) is 7.14. The molecule has 0 amide bonds. The van der Waals surface area contributed by atoms with E-state index in [1.807, 2.05) is 12.3 Å². The molecule has 0 bridgehead atoms. The van der Waals surface area contributed by atoms with Crippen LogP contribution in [0, 0.1) is 0 Å². The topological polar surface area (TPSA) is 15.3 Å². The summed E-state index contributed by atoms with van der Waals surface area (Å²) in [6, 6.07) is 12.5. The van der Waals surface area contributed by atoms with Gasteiger partial charge in [-0.2, -0.15) is 0 Å². The Balaban J connectivity index is 2.01. The second-order valence-electron chi connectivity index (χ2n) is 5.63. The summed E-state index contributed by atoms with van der Waals surface area (Å²) in [4.78, 5) is 2.31. The van der Waals surface area contributed by atoms with Crippen LogP contribution < -0.4 is 4.72 Å². The van der Waals surface area contributed by atoms with Gasteiger partial charge in [0.15, 0.2) is 0 Å². The Hall–Kier alpha value is -0.870. The molecule has 0 aromatic heterocycles. The van der Waals surface area contributed by atoms with Crippen LogP contribution in [0.1, 0.15) is 22.6 Å². The minimum absolute atomic E-state index is 0.299. The molecular formula is C17H18Cl2N2S. The number of nitrogens with zero attached hydrogens (tertiary/aromatic N) is 1. The standard InChI is InChI=1S/C17H18Cl2N2S/c1-21-9-15(11-3-5-13(6-4-11)20-22-2)14-7-12(18)8-17(19)16(14)10-21/h3-8,15,20H,9-10H2,1-2H3. The van der Waals surface area contributed by atoms with Crippen LogP contribution in [-0.4, -0.2) is 24.7 Å². The van der Waals surface area contributed by atoms with Gasteiger partial charge < -0.3 is 9.62 Å². The summed E-state index contributed by atoms with van der Waals surface area (Å²) in [7, 11) is 2.13. The van der Waals surface area contributed by atoms with Crippen molar-refractivity contribution in [3.05, 3.63) is 63.1 Å². The van der Waals surface area contributed by atoms with E-state index in [4.69, 9.17) is 23.2 Å². The average molecular weight is 353 g/mol. The summed E-state index contributed by atoms with van der Waals surface area (Å²) in [5.41, 5.74) is 4.85. The van der Waals surface area contributed by atoms with E-state index >= 15 is 0 Å². The van der Waals surface area contributed by atoms with E-state index < -0.39 is 0 Å². The van der Waals surface area contributed by atoms with Crippen molar-refractivity contribution in [2.45, 2.75) is 12.5 Å². The van der Waals surface area contributed by atoms with E-state index in [0.717, 1.165) is 23.8 Å². The van der Waals surface area contributed by atoms with Crippen molar-refractivity contribution >= 4 is 40.8 Å². The monoisotopic (exact) mass is 352 g/mol. The van der Waals surface area contributed by atoms with Crippen molar-refractivity contribution in [3.63, 3.8) is 0 Å². The maximum Gasteiger partial charge on any atom is 0.0468 e. The minimum Gasteiger partial charge on any atom is -0.330 e. The third-order valence-corrected chi connectivity index (χ3v) is 5.02. The summed E-state index contributed by atoms with van der Waals surface area (Å²) in [6.45, 7) is 1.84. The molecule has 0 radical (unpaired) electrons. The first kappa shape index (κ1) is 16.0. The van der Waals surface area contributed by atoms with Crippen molar-refractivity contribution < 1.29 is 0 Å². The highest BCUT2D eigenvalue weighted by Gasteiger charge is 2.26. The first-order valence-corrected chi connectivity index (χ1v) is 9.12. The molecule has 1 heterocycles. The molecule has 2 aromatic carbocycles. The Morgan fingerprint density at radius 1 is 1.18 bits per heavy atom. The van der Waals surface area contributed by atoms with Crippen molar-refractivity contribution in [2.24, 2.45) is 0 Å². The lowest BCUT2D eigenvalue weighted by Crippen LogP contribution is -2.31. The van der Waals surface area contributed by atoms with Crippen LogP contribution in [0.25, 0.3) is 0 Å². The van der Waals surface area contributed by atoms with Gasteiger partial charge in [0, 0.05) is 41.0 Å². The number of fused-ring (bicyclic) bond motifs is 1. The number of likely N-dealkylation sites (N-methyl/N-ethyl adjacent to an activating group) is 1. The summed E-state index contributed by atoms with van der Waals surface area (Å²) < 4.78 is 3.25. The molecule has 0 saturated carbocycles. The van der Waals surface area contributed by atoms with Gasteiger partial charge in [0.1, 0.15) is 0 Å². The van der Waals surface area contributed by atoms with Gasteiger partial charge in [-0.1, -0.05) is 47.3 Å². The zero-order chi connectivity index (χ0) is 15.7. The lowest BCUT2D eigenvalue weighted by atomic mass is 9.85. The van der Waals surface area contributed by atoms with Gasteiger partial charge in [-0.25, -0.2) is 0 Å². The average Bonchev–Trinajstić information content (AvgIpc) is 2.49. The van der Waals surface area contributed by atoms with Crippen molar-refractivity contribution in [2.75, 3.05) is 24.6 Å². The smallest absolute Gasteiger partial charge is 0.0468 e. The van der Waals surface area contributed by atoms with Gasteiger partial charge in [0.2, 0.25) is 0 Å². The fourth-order valence-electron chi connectivity index (χ4n) is 3.03. The Morgan fingerprint density at radius 3 is 2.59 bits per heavy atom. The number of nitrogens with one attached hydrogen (secondary N) is 1. The highest BCUT2D eigenvalue weighted by molar-refractivity contribution is 7.99. The van der Waals surface area contributed by atoms with E-state index in [-0.39, 0.29) is 0 Å². The molecule has 1 unspecified atom stereocenters. The van der Waals surface area contributed by atoms with Crippen LogP contribution in [0.4, 0.5) is 5.69 Å². The minimum atomic E-state index is 0.299. The fourth-order valence-corrected chi connectivity index (χ4v) is 3.97. The second-order valence-corrected chi connectivity index (χ2v) is 7.09. The zero-order valence-corrected chi connectivity index (χ0v) is 14.9. The van der Waals surface area contributed by atoms with Gasteiger partial charge in [-0.3, -0.25) is 0 Å². The molecule has 116 valence electrons. The quantitative estimate of drug-likeness (QED) is 0.758. The SMILES string of the molecule is CSNc1ccc(C2CN(C)Cc3c(Cl)cc(Cl)cc32)cc1. The Morgan fingerprint density at radius 2 is 1.91 bits per heavy atom. The molecular weight excluding hydrogens is 335 g/mol. The highest BCUT2D eigenvalue weighted by Crippen LogP contribution is 2.38. The predicted molar refractivity (Wildman–Crippen MR) is 98.2 cm³/mol. The van der Waals surface area contributed by atoms with E-state index in [2.05, 4.69) is 47.0 Å². The number of halogens is 2. The van der Waals surface area contributed by atoms with Gasteiger partial charge in [-0.05, 0) is 48.0 Å². The van der Waals surface area contributed by atoms with Crippen molar-refractivity contribution in [3.8, 4) is 0 Å². The summed E-state index contributed by atoms with van der Waals surface area (Å²) in [5, 5.41) is 1.47. The second kappa shape index (κ2) is 6.71. The third kappa shape index (κ3) is 3.23. The van der Waals surface area contributed by atoms with E-state index in [1.54, 1.807) is 11.9 Å². The molecule has 1 N–H and O–H groups in total. The highest BCUT2D eigenvalue weighted by atomic mass is 35.5. The fraction of sp³-hybridized carbons (Fsp3) is 0.294. The van der Waals surface area contributed by atoms with Crippen LogP contribution in [-0.2, 0) is 6.54 Å². The lowest BCUT2D eigenvalue weighted by molar-refractivity contribution is 0.295. The Kier molecular flexibility index (Phi) is 4.88. The third-order valence-electron chi connectivity index (χ3n) is 4.03. The molecule has 2 aromatic rings. The molecule has 22 heavy (non-hydrogen) atoms. The molecule has 1 atom stereocenters. The molecule has 0 spiro atoms. The van der Waals surface area contributed by atoms with Crippen LogP contribution >= 0.6 is 35.1 Å². The van der Waals surface area contributed by atoms with E-state index in [1.165, 1.54) is 16.7 Å². The molecule has 5 heteroatoms. The van der Waals surface area contributed by atoms with E-state index in [9.17, 15) is 0 Å². The van der Waals surface area contributed by atoms with Gasteiger partial charge in [0.25, 0.3) is 0 Å².